The maximum Gasteiger partial charge on any atom is 0.295 e. The lowest BCUT2D eigenvalue weighted by molar-refractivity contribution is -0.383. The van der Waals surface area contributed by atoms with E-state index in [0.717, 1.165) is 0 Å². The summed E-state index contributed by atoms with van der Waals surface area (Å²) in [6.45, 7) is 0. The predicted molar refractivity (Wildman–Crippen MR) is 52.8 cm³/mol. The van der Waals surface area contributed by atoms with Gasteiger partial charge in [-0.3, -0.25) is 10.1 Å². The molecule has 0 aliphatic rings. The molecule has 0 saturated carbocycles. The molecule has 0 bridgehead atoms. The lowest BCUT2D eigenvalue weighted by Crippen LogP contribution is -1.94. The minimum atomic E-state index is -0.464. The summed E-state index contributed by atoms with van der Waals surface area (Å²) < 4.78 is 0. The van der Waals surface area contributed by atoms with Crippen LogP contribution in [0.2, 0.25) is 0 Å². The molecule has 0 amide bonds. The fraction of sp³-hybridized carbons (Fsp3) is 0. The lowest BCUT2D eigenvalue weighted by Gasteiger charge is -2.00. The van der Waals surface area contributed by atoms with Crippen LogP contribution in [0.4, 0.5) is 11.4 Å². The molecule has 5 nitrogen and oxygen atoms in total. The first-order valence-corrected chi connectivity index (χ1v) is 3.98. The topological polar surface area (TPSA) is 82.0 Å². The molecule has 0 unspecified atom stereocenters. The highest BCUT2D eigenvalue weighted by Crippen LogP contribution is 2.27. The first-order chi connectivity index (χ1) is 6.70. The van der Waals surface area contributed by atoms with E-state index in [-0.39, 0.29) is 5.69 Å². The summed E-state index contributed by atoms with van der Waals surface area (Å²) in [5, 5.41) is 11.3. The highest BCUT2D eigenvalue weighted by Gasteiger charge is 2.13. The van der Waals surface area contributed by atoms with Crippen LogP contribution in [-0.2, 0) is 0 Å². The Hall–Kier alpha value is -2.17. The quantitative estimate of drug-likeness (QED) is 0.420. The van der Waals surface area contributed by atoms with Gasteiger partial charge in [-0.2, -0.15) is 0 Å². The summed E-state index contributed by atoms with van der Waals surface area (Å²) in [6.07, 6.45) is 1.51. The Balaban J connectivity index is 2.88. The van der Waals surface area contributed by atoms with E-state index in [4.69, 9.17) is 5.73 Å². The van der Waals surface area contributed by atoms with Crippen LogP contribution < -0.4 is 5.73 Å². The molecule has 0 fully saturated rings. The third-order valence-electron chi connectivity index (χ3n) is 1.98. The highest BCUT2D eigenvalue weighted by atomic mass is 16.6. The van der Waals surface area contributed by atoms with Crippen LogP contribution in [0.3, 0.4) is 0 Å². The number of nitrogens with zero attached hydrogens (tertiary/aromatic N) is 2. The van der Waals surface area contributed by atoms with E-state index in [1.807, 2.05) is 0 Å². The first kappa shape index (κ1) is 8.43. The van der Waals surface area contributed by atoms with Crippen LogP contribution in [0.5, 0.6) is 0 Å². The Morgan fingerprint density at radius 1 is 1.36 bits per heavy atom. The zero-order valence-corrected chi connectivity index (χ0v) is 7.18. The van der Waals surface area contributed by atoms with Gasteiger partial charge in [-0.05, 0) is 18.2 Å². The van der Waals surface area contributed by atoms with Crippen molar-refractivity contribution in [3.8, 4) is 0 Å². The molecule has 5 heteroatoms. The Kier molecular flexibility index (Phi) is 1.78. The average molecular weight is 189 g/mol. The van der Waals surface area contributed by atoms with E-state index in [1.165, 1.54) is 18.3 Å². The molecule has 1 aromatic heterocycles. The van der Waals surface area contributed by atoms with E-state index in [2.05, 4.69) is 4.98 Å². The van der Waals surface area contributed by atoms with Gasteiger partial charge in [-0.25, -0.2) is 4.98 Å². The number of fused-ring (bicyclic) bond motifs is 1. The normalized spacial score (nSPS) is 10.3. The SMILES string of the molecule is Nc1ccc([N+](=O)[O-])c2ncccc12. The molecule has 0 aliphatic heterocycles. The van der Waals surface area contributed by atoms with Gasteiger partial charge in [0, 0.05) is 23.3 Å². The summed E-state index contributed by atoms with van der Waals surface area (Å²) >= 11 is 0. The molecule has 1 heterocycles. The van der Waals surface area contributed by atoms with E-state index in [1.54, 1.807) is 12.1 Å². The van der Waals surface area contributed by atoms with Crippen LogP contribution in [-0.4, -0.2) is 9.91 Å². The van der Waals surface area contributed by atoms with E-state index < -0.39 is 4.92 Å². The van der Waals surface area contributed by atoms with Gasteiger partial charge in [0.15, 0.2) is 0 Å². The number of hydrogen-bond acceptors (Lipinski definition) is 4. The molecule has 2 rings (SSSR count). The summed E-state index contributed by atoms with van der Waals surface area (Å²) in [5.74, 6) is 0. The van der Waals surface area contributed by atoms with Gasteiger partial charge in [0.1, 0.15) is 5.52 Å². The van der Waals surface area contributed by atoms with Crippen molar-refractivity contribution in [2.45, 2.75) is 0 Å². The highest BCUT2D eigenvalue weighted by molar-refractivity contribution is 5.95. The van der Waals surface area contributed by atoms with Crippen LogP contribution >= 0.6 is 0 Å². The second kappa shape index (κ2) is 2.95. The number of anilines is 1. The third kappa shape index (κ3) is 1.15. The number of non-ortho nitro benzene ring substituents is 1. The maximum atomic E-state index is 10.7. The van der Waals surface area contributed by atoms with Gasteiger partial charge in [-0.15, -0.1) is 0 Å². The molecule has 0 radical (unpaired) electrons. The van der Waals surface area contributed by atoms with Crippen LogP contribution in [0.25, 0.3) is 10.9 Å². The molecule has 2 N–H and O–H groups in total. The number of nitro benzene ring substituents is 1. The van der Waals surface area contributed by atoms with Gasteiger partial charge in [-0.1, -0.05) is 0 Å². The predicted octanol–water partition coefficient (Wildman–Crippen LogP) is 1.73. The maximum absolute atomic E-state index is 10.7. The Morgan fingerprint density at radius 3 is 2.86 bits per heavy atom. The van der Waals surface area contributed by atoms with E-state index in [9.17, 15) is 10.1 Å². The third-order valence-corrected chi connectivity index (χ3v) is 1.98. The lowest BCUT2D eigenvalue weighted by atomic mass is 10.1. The molecule has 70 valence electrons. The van der Waals surface area contributed by atoms with Crippen molar-refractivity contribution in [1.82, 2.24) is 4.98 Å². The number of rotatable bonds is 1. The minimum Gasteiger partial charge on any atom is -0.398 e. The second-order valence-corrected chi connectivity index (χ2v) is 2.83. The molecule has 0 spiro atoms. The monoisotopic (exact) mass is 189 g/mol. The number of pyridine rings is 1. The van der Waals surface area contributed by atoms with Crippen molar-refractivity contribution in [2.75, 3.05) is 5.73 Å². The second-order valence-electron chi connectivity index (χ2n) is 2.83. The van der Waals surface area contributed by atoms with Crippen molar-refractivity contribution < 1.29 is 4.92 Å². The summed E-state index contributed by atoms with van der Waals surface area (Å²) in [7, 11) is 0. The van der Waals surface area contributed by atoms with Crippen molar-refractivity contribution in [2.24, 2.45) is 0 Å². The summed E-state index contributed by atoms with van der Waals surface area (Å²) in [5.41, 5.74) is 6.47. The van der Waals surface area contributed by atoms with Crippen molar-refractivity contribution in [1.29, 1.82) is 0 Å². The number of nitrogen functional groups attached to an aromatic ring is 1. The van der Waals surface area contributed by atoms with Crippen molar-refractivity contribution in [3.05, 3.63) is 40.6 Å². The smallest absolute Gasteiger partial charge is 0.295 e. The van der Waals surface area contributed by atoms with E-state index >= 15 is 0 Å². The Morgan fingerprint density at radius 2 is 2.14 bits per heavy atom. The number of nitro groups is 1. The molecular weight excluding hydrogens is 182 g/mol. The summed E-state index contributed by atoms with van der Waals surface area (Å²) in [6, 6.07) is 6.29. The van der Waals surface area contributed by atoms with Gasteiger partial charge in [0.05, 0.1) is 4.92 Å². The molecule has 0 saturated heterocycles. The van der Waals surface area contributed by atoms with Crippen LogP contribution in [0.1, 0.15) is 0 Å². The largest absolute Gasteiger partial charge is 0.398 e. The fourth-order valence-electron chi connectivity index (χ4n) is 1.33. The molecule has 14 heavy (non-hydrogen) atoms. The number of aromatic nitrogens is 1. The molecule has 1 aromatic carbocycles. The van der Waals surface area contributed by atoms with E-state index in [0.29, 0.717) is 16.6 Å². The Bertz CT molecular complexity index is 510. The molecule has 0 aliphatic carbocycles. The zero-order chi connectivity index (χ0) is 10.1. The average Bonchev–Trinajstić information content (AvgIpc) is 2.18. The van der Waals surface area contributed by atoms with Gasteiger partial charge >= 0.3 is 0 Å². The number of hydrogen-bond donors (Lipinski definition) is 1. The molecule has 2 aromatic rings. The van der Waals surface area contributed by atoms with Crippen molar-refractivity contribution >= 4 is 22.3 Å². The first-order valence-electron chi connectivity index (χ1n) is 3.98. The van der Waals surface area contributed by atoms with Gasteiger partial charge in [0.2, 0.25) is 0 Å². The van der Waals surface area contributed by atoms with Gasteiger partial charge in [0.25, 0.3) is 5.69 Å². The zero-order valence-electron chi connectivity index (χ0n) is 7.18. The summed E-state index contributed by atoms with van der Waals surface area (Å²) in [4.78, 5) is 14.1. The van der Waals surface area contributed by atoms with Crippen LogP contribution in [0, 0.1) is 10.1 Å². The standard InChI is InChI=1S/C9H7N3O2/c10-7-3-4-8(12(13)14)9-6(7)2-1-5-11-9/h1-5H,10H2. The molecular formula is C9H7N3O2. The van der Waals surface area contributed by atoms with Gasteiger partial charge < -0.3 is 5.73 Å². The van der Waals surface area contributed by atoms with Crippen LogP contribution in [0.15, 0.2) is 30.5 Å². The fourth-order valence-corrected chi connectivity index (χ4v) is 1.33. The molecule has 0 atom stereocenters. The number of nitrogens with two attached hydrogens (primary N) is 1. The minimum absolute atomic E-state index is 0.0187. The van der Waals surface area contributed by atoms with Crippen molar-refractivity contribution in [3.63, 3.8) is 0 Å². The Labute approximate surface area is 79.3 Å². The number of benzene rings is 1.